The summed E-state index contributed by atoms with van der Waals surface area (Å²) in [6, 6.07) is 5.63. The van der Waals surface area contributed by atoms with Crippen LogP contribution in [0.2, 0.25) is 0 Å². The van der Waals surface area contributed by atoms with Gasteiger partial charge in [-0.05, 0) is 38.3 Å². The number of aryl methyl sites for hydroxylation is 1. The molecule has 1 aliphatic rings. The van der Waals surface area contributed by atoms with Crippen LogP contribution in [-0.4, -0.2) is 33.2 Å². The Morgan fingerprint density at radius 3 is 2.67 bits per heavy atom. The van der Waals surface area contributed by atoms with Gasteiger partial charge in [0.05, 0.1) is 16.5 Å². The first-order valence-corrected chi connectivity index (χ1v) is 12.1. The Bertz CT molecular complexity index is 800. The standard InChI is InChI=1S/C19H27N3OS.C3H4N2S/c1-3-9-18(22-17(23)14-16-12-7-8-13-21-16)24-19(20-2)15-10-5-4-6-11-15;1-3-5-4-2-6-3/h7-9,12-13,15H,3-6,10-11,14H2,1-2H3,(H,22,23);2H,1H3/b18-9+,20-19?;. The topological polar surface area (TPSA) is 80.1 Å². The molecule has 1 N–H and O–H groups in total. The Balaban J connectivity index is 0.000000456. The summed E-state index contributed by atoms with van der Waals surface area (Å²) in [6.45, 7) is 4.01. The summed E-state index contributed by atoms with van der Waals surface area (Å²) in [5, 5.41) is 13.4. The molecule has 2 aromatic rings. The zero-order valence-corrected chi connectivity index (χ0v) is 19.6. The van der Waals surface area contributed by atoms with E-state index in [2.05, 4.69) is 38.5 Å². The molecule has 0 spiro atoms. The van der Waals surface area contributed by atoms with Crippen LogP contribution in [0.1, 0.15) is 56.2 Å². The molecule has 0 saturated heterocycles. The molecular formula is C22H31N5OS2. The Morgan fingerprint density at radius 1 is 1.33 bits per heavy atom. The smallest absolute Gasteiger partial charge is 0.230 e. The molecule has 0 aliphatic heterocycles. The molecule has 0 radical (unpaired) electrons. The summed E-state index contributed by atoms with van der Waals surface area (Å²) in [5.41, 5.74) is 2.50. The largest absolute Gasteiger partial charge is 0.320 e. The number of carbonyl (C=O) groups is 1. The van der Waals surface area contributed by atoms with Crippen LogP contribution in [0.3, 0.4) is 0 Å². The first kappa shape index (κ1) is 24.2. The van der Waals surface area contributed by atoms with Gasteiger partial charge in [-0.2, -0.15) is 0 Å². The molecule has 0 atom stereocenters. The monoisotopic (exact) mass is 445 g/mol. The number of aromatic nitrogens is 3. The van der Waals surface area contributed by atoms with E-state index in [1.54, 1.807) is 34.8 Å². The first-order chi connectivity index (χ1) is 14.6. The summed E-state index contributed by atoms with van der Waals surface area (Å²) in [5.74, 6) is 0.515. The van der Waals surface area contributed by atoms with Crippen LogP contribution >= 0.6 is 23.1 Å². The molecular weight excluding hydrogens is 414 g/mol. The molecule has 0 bridgehead atoms. The van der Waals surface area contributed by atoms with Crippen molar-refractivity contribution in [2.45, 2.75) is 58.8 Å². The van der Waals surface area contributed by atoms with Gasteiger partial charge in [0.25, 0.3) is 0 Å². The number of aliphatic imine (C=N–C) groups is 1. The fourth-order valence-electron chi connectivity index (χ4n) is 3.15. The molecule has 1 aliphatic carbocycles. The molecule has 1 saturated carbocycles. The maximum Gasteiger partial charge on any atom is 0.230 e. The van der Waals surface area contributed by atoms with Gasteiger partial charge in [-0.3, -0.25) is 14.8 Å². The van der Waals surface area contributed by atoms with Crippen molar-refractivity contribution in [2.75, 3.05) is 7.05 Å². The van der Waals surface area contributed by atoms with E-state index < -0.39 is 0 Å². The van der Waals surface area contributed by atoms with E-state index >= 15 is 0 Å². The number of hydrogen-bond acceptors (Lipinski definition) is 7. The Kier molecular flexibility index (Phi) is 11.3. The Hall–Kier alpha value is -2.06. The third-order valence-electron chi connectivity index (χ3n) is 4.58. The van der Waals surface area contributed by atoms with Crippen molar-refractivity contribution in [3.63, 3.8) is 0 Å². The van der Waals surface area contributed by atoms with Crippen molar-refractivity contribution < 1.29 is 4.79 Å². The maximum absolute atomic E-state index is 12.3. The fourth-order valence-corrected chi connectivity index (χ4v) is 4.63. The van der Waals surface area contributed by atoms with Gasteiger partial charge in [0.1, 0.15) is 10.5 Å². The molecule has 2 heterocycles. The van der Waals surface area contributed by atoms with Gasteiger partial charge in [-0.1, -0.05) is 50.1 Å². The number of nitrogens with one attached hydrogen (secondary N) is 1. The first-order valence-electron chi connectivity index (χ1n) is 10.4. The van der Waals surface area contributed by atoms with Gasteiger partial charge in [0.15, 0.2) is 0 Å². The van der Waals surface area contributed by atoms with E-state index in [0.717, 1.165) is 27.2 Å². The van der Waals surface area contributed by atoms with Crippen molar-refractivity contribution in [3.05, 3.63) is 51.7 Å². The molecule has 3 rings (SSSR count). The molecule has 0 aromatic carbocycles. The minimum atomic E-state index is -0.0278. The number of hydrogen-bond donors (Lipinski definition) is 1. The molecule has 1 fully saturated rings. The van der Waals surface area contributed by atoms with Crippen LogP contribution in [0.25, 0.3) is 0 Å². The van der Waals surface area contributed by atoms with Crippen LogP contribution in [0.5, 0.6) is 0 Å². The molecule has 2 aromatic heterocycles. The number of rotatable bonds is 6. The number of amides is 1. The van der Waals surface area contributed by atoms with Crippen molar-refractivity contribution in [1.29, 1.82) is 0 Å². The lowest BCUT2D eigenvalue weighted by Crippen LogP contribution is -2.25. The number of carbonyl (C=O) groups excluding carboxylic acids is 1. The molecule has 162 valence electrons. The van der Waals surface area contributed by atoms with E-state index in [0.29, 0.717) is 12.3 Å². The van der Waals surface area contributed by atoms with Gasteiger partial charge < -0.3 is 5.32 Å². The summed E-state index contributed by atoms with van der Waals surface area (Å²) in [4.78, 5) is 21.0. The SMILES string of the molecule is CC/C=C(\NC(=O)Cc1ccccn1)SC(=NC)C1CCCCC1.Cc1nncs1. The van der Waals surface area contributed by atoms with E-state index in [4.69, 9.17) is 0 Å². The van der Waals surface area contributed by atoms with Gasteiger partial charge >= 0.3 is 0 Å². The lowest BCUT2D eigenvalue weighted by atomic mass is 9.90. The number of pyridine rings is 1. The Labute approximate surface area is 187 Å². The number of thioether (sulfide) groups is 1. The minimum absolute atomic E-state index is 0.0278. The number of allylic oxidation sites excluding steroid dienone is 1. The summed E-state index contributed by atoms with van der Waals surface area (Å²) < 4.78 is 0. The van der Waals surface area contributed by atoms with Crippen LogP contribution in [-0.2, 0) is 11.2 Å². The highest BCUT2D eigenvalue weighted by Gasteiger charge is 2.21. The maximum atomic E-state index is 12.3. The van der Waals surface area contributed by atoms with Gasteiger partial charge in [0, 0.05) is 24.9 Å². The lowest BCUT2D eigenvalue weighted by Gasteiger charge is -2.23. The van der Waals surface area contributed by atoms with Crippen molar-refractivity contribution >= 4 is 34.0 Å². The van der Waals surface area contributed by atoms with Gasteiger partial charge in [0.2, 0.25) is 5.91 Å². The average molecular weight is 446 g/mol. The second kappa shape index (κ2) is 14.0. The summed E-state index contributed by atoms with van der Waals surface area (Å²) in [6.07, 6.45) is 11.3. The molecule has 0 unspecified atom stereocenters. The molecule has 6 nitrogen and oxygen atoms in total. The van der Waals surface area contributed by atoms with Crippen LogP contribution in [0.15, 0.2) is 46.0 Å². The average Bonchev–Trinajstić information content (AvgIpc) is 3.24. The molecule has 30 heavy (non-hydrogen) atoms. The highest BCUT2D eigenvalue weighted by Crippen LogP contribution is 2.31. The van der Waals surface area contributed by atoms with Crippen molar-refractivity contribution in [1.82, 2.24) is 20.5 Å². The number of nitrogens with zero attached hydrogens (tertiary/aromatic N) is 4. The highest BCUT2D eigenvalue weighted by molar-refractivity contribution is 8.17. The van der Waals surface area contributed by atoms with Crippen LogP contribution < -0.4 is 5.32 Å². The van der Waals surface area contributed by atoms with E-state index in [9.17, 15) is 4.79 Å². The zero-order valence-electron chi connectivity index (χ0n) is 18.0. The fraction of sp³-hybridized carbons (Fsp3) is 0.500. The van der Waals surface area contributed by atoms with Crippen molar-refractivity contribution in [3.8, 4) is 0 Å². The highest BCUT2D eigenvalue weighted by atomic mass is 32.2. The minimum Gasteiger partial charge on any atom is -0.320 e. The Morgan fingerprint density at radius 2 is 2.13 bits per heavy atom. The van der Waals surface area contributed by atoms with E-state index in [1.807, 2.05) is 32.2 Å². The van der Waals surface area contributed by atoms with Crippen molar-refractivity contribution in [2.24, 2.45) is 10.9 Å². The lowest BCUT2D eigenvalue weighted by molar-refractivity contribution is -0.119. The summed E-state index contributed by atoms with van der Waals surface area (Å²) in [7, 11) is 1.86. The van der Waals surface area contributed by atoms with E-state index in [-0.39, 0.29) is 5.91 Å². The normalized spacial score (nSPS) is 15.3. The predicted octanol–water partition coefficient (Wildman–Crippen LogP) is 5.18. The molecule has 1 amide bonds. The predicted molar refractivity (Wildman–Crippen MR) is 127 cm³/mol. The summed E-state index contributed by atoms with van der Waals surface area (Å²) >= 11 is 3.17. The molecule has 8 heteroatoms. The van der Waals surface area contributed by atoms with E-state index in [1.165, 1.54) is 32.1 Å². The second-order valence-corrected chi connectivity index (χ2v) is 9.08. The zero-order chi connectivity index (χ0) is 21.6. The van der Waals surface area contributed by atoms with Crippen LogP contribution in [0, 0.1) is 12.8 Å². The second-order valence-electron chi connectivity index (χ2n) is 6.98. The van der Waals surface area contributed by atoms with Gasteiger partial charge in [-0.15, -0.1) is 21.5 Å². The third-order valence-corrected chi connectivity index (χ3v) is 6.41. The van der Waals surface area contributed by atoms with Gasteiger partial charge in [-0.25, -0.2) is 0 Å². The third kappa shape index (κ3) is 9.17. The quantitative estimate of drug-likeness (QED) is 0.489. The van der Waals surface area contributed by atoms with Crippen LogP contribution in [0.4, 0.5) is 0 Å².